The zero-order valence-corrected chi connectivity index (χ0v) is 21.2. The van der Waals surface area contributed by atoms with Crippen LogP contribution >= 0.6 is 0 Å². The lowest BCUT2D eigenvalue weighted by atomic mass is 9.90. The van der Waals surface area contributed by atoms with Crippen LogP contribution in [0.15, 0.2) is 107 Å². The van der Waals surface area contributed by atoms with Gasteiger partial charge < -0.3 is 15.1 Å². The smallest absolute Gasteiger partial charge is 0.335 e. The molecule has 0 radical (unpaired) electrons. The highest BCUT2D eigenvalue weighted by Gasteiger charge is 2.14. The molecule has 0 unspecified atom stereocenters. The van der Waals surface area contributed by atoms with E-state index < -0.39 is 11.7 Å². The molecule has 0 bridgehead atoms. The topological polar surface area (TPSA) is 91.3 Å². The maximum atomic E-state index is 11.7. The second-order valence-corrected chi connectivity index (χ2v) is 8.99. The van der Waals surface area contributed by atoms with Crippen molar-refractivity contribution < 1.29 is 19.6 Å². The summed E-state index contributed by atoms with van der Waals surface area (Å²) in [6.07, 6.45) is 8.40. The third-order valence-corrected chi connectivity index (χ3v) is 5.95. The van der Waals surface area contributed by atoms with Gasteiger partial charge in [-0.05, 0) is 70.8 Å². The Hall–Kier alpha value is -4.78. The van der Waals surface area contributed by atoms with Gasteiger partial charge in [0.1, 0.15) is 14.1 Å². The van der Waals surface area contributed by atoms with Gasteiger partial charge in [0, 0.05) is 31.9 Å². The summed E-state index contributed by atoms with van der Waals surface area (Å²) in [5.74, 6) is -1.85. The van der Waals surface area contributed by atoms with Gasteiger partial charge in [0.15, 0.2) is 5.71 Å². The van der Waals surface area contributed by atoms with Crippen LogP contribution in [0.4, 0.5) is 17.1 Å². The Kier molecular flexibility index (Phi) is 7.44. The molecule has 4 rings (SSSR count). The number of nitrogens with zero attached hydrogens (tertiary/aromatic N) is 4. The van der Waals surface area contributed by atoms with Crippen molar-refractivity contribution in [1.82, 2.24) is 0 Å². The van der Waals surface area contributed by atoms with Crippen molar-refractivity contribution in [3.63, 3.8) is 0 Å². The molecule has 0 saturated heterocycles. The second-order valence-electron chi connectivity index (χ2n) is 8.99. The van der Waals surface area contributed by atoms with Crippen LogP contribution in [0.1, 0.15) is 21.5 Å². The normalized spacial score (nSPS) is 12.8. The largest absolute Gasteiger partial charge is 0.872 e. The highest BCUT2D eigenvalue weighted by Crippen LogP contribution is 2.33. The highest BCUT2D eigenvalue weighted by atomic mass is 16.4. The van der Waals surface area contributed by atoms with Gasteiger partial charge in [-0.25, -0.2) is 9.37 Å². The summed E-state index contributed by atoms with van der Waals surface area (Å²) >= 11 is 0. The first-order valence-corrected chi connectivity index (χ1v) is 11.7. The van der Waals surface area contributed by atoms with Gasteiger partial charge in [-0.1, -0.05) is 36.1 Å². The monoisotopic (exact) mass is 492 g/mol. The lowest BCUT2D eigenvalue weighted by molar-refractivity contribution is -0.462. The maximum Gasteiger partial charge on any atom is 0.335 e. The molecule has 186 valence electrons. The van der Waals surface area contributed by atoms with E-state index in [4.69, 9.17) is 0 Å². The number of hydrogen-bond donors (Lipinski definition) is 1. The van der Waals surface area contributed by atoms with Gasteiger partial charge in [-0.3, -0.25) is 0 Å². The Bertz CT molecular complexity index is 1470. The Balaban J connectivity index is 1.76. The van der Waals surface area contributed by atoms with Crippen LogP contribution in [0.5, 0.6) is 5.75 Å². The molecule has 0 heterocycles. The van der Waals surface area contributed by atoms with E-state index >= 15 is 0 Å². The molecule has 7 heteroatoms. The Morgan fingerprint density at radius 1 is 0.838 bits per heavy atom. The predicted molar refractivity (Wildman–Crippen MR) is 146 cm³/mol. The number of anilines is 1. The number of hydrogen-bond acceptors (Lipinski definition) is 5. The number of azo groups is 1. The summed E-state index contributed by atoms with van der Waals surface area (Å²) < 4.78 is 2.06. The molecule has 7 nitrogen and oxygen atoms in total. The average molecular weight is 493 g/mol. The Morgan fingerprint density at radius 3 is 2.08 bits per heavy atom. The number of aromatic carboxylic acids is 1. The summed E-state index contributed by atoms with van der Waals surface area (Å²) in [5.41, 5.74) is 6.94. The molecule has 0 atom stereocenters. The number of rotatable bonds is 6. The van der Waals surface area contributed by atoms with Crippen molar-refractivity contribution in [1.29, 1.82) is 0 Å². The van der Waals surface area contributed by atoms with E-state index in [1.165, 1.54) is 18.2 Å². The van der Waals surface area contributed by atoms with Gasteiger partial charge in [0.2, 0.25) is 0 Å². The number of carboxylic acid groups (broad SMARTS) is 1. The van der Waals surface area contributed by atoms with Crippen molar-refractivity contribution in [2.75, 3.05) is 33.1 Å². The fourth-order valence-corrected chi connectivity index (χ4v) is 3.94. The maximum absolute atomic E-state index is 11.7. The minimum Gasteiger partial charge on any atom is -0.872 e. The fraction of sp³-hybridized carbons (Fsp3) is 0.133. The van der Waals surface area contributed by atoms with Crippen molar-refractivity contribution in [2.24, 2.45) is 10.2 Å². The van der Waals surface area contributed by atoms with E-state index in [0.717, 1.165) is 33.7 Å². The number of allylic oxidation sites excluding steroid dienone is 5. The van der Waals surface area contributed by atoms with Crippen molar-refractivity contribution >= 4 is 34.3 Å². The van der Waals surface area contributed by atoms with Gasteiger partial charge in [-0.15, -0.1) is 0 Å². The van der Waals surface area contributed by atoms with E-state index in [1.54, 1.807) is 0 Å². The number of carboxylic acids is 1. The fourth-order valence-electron chi connectivity index (χ4n) is 3.94. The van der Waals surface area contributed by atoms with Crippen LogP contribution in [0.3, 0.4) is 0 Å². The van der Waals surface area contributed by atoms with Gasteiger partial charge in [-0.2, -0.15) is 10.2 Å². The van der Waals surface area contributed by atoms with Crippen molar-refractivity contribution in [3.8, 4) is 5.75 Å². The Labute approximate surface area is 216 Å². The van der Waals surface area contributed by atoms with Crippen LogP contribution in [0.25, 0.3) is 5.57 Å². The van der Waals surface area contributed by atoms with Gasteiger partial charge >= 0.3 is 5.97 Å². The molecular weight excluding hydrogens is 464 g/mol. The van der Waals surface area contributed by atoms with Crippen molar-refractivity contribution in [2.45, 2.75) is 0 Å². The van der Waals surface area contributed by atoms with E-state index in [1.807, 2.05) is 52.5 Å². The first-order valence-electron chi connectivity index (χ1n) is 11.7. The minimum absolute atomic E-state index is 0.296. The molecule has 3 aromatic carbocycles. The minimum atomic E-state index is -1.29. The summed E-state index contributed by atoms with van der Waals surface area (Å²) in [4.78, 5) is 13.3. The summed E-state index contributed by atoms with van der Waals surface area (Å²) in [7, 11) is 8.05. The molecule has 37 heavy (non-hydrogen) atoms. The zero-order valence-electron chi connectivity index (χ0n) is 21.2. The molecule has 0 saturated carbocycles. The van der Waals surface area contributed by atoms with Crippen LogP contribution in [0.2, 0.25) is 0 Å². The molecule has 0 fully saturated rings. The lowest BCUT2D eigenvalue weighted by Crippen LogP contribution is -2.10. The quantitative estimate of drug-likeness (QED) is 0.359. The first kappa shape index (κ1) is 25.3. The number of benzene rings is 3. The molecule has 1 N–H and O–H groups in total. The van der Waals surface area contributed by atoms with Gasteiger partial charge in [0.25, 0.3) is 0 Å². The first-order chi connectivity index (χ1) is 17.7. The van der Waals surface area contributed by atoms with E-state index in [2.05, 4.69) is 68.3 Å². The zero-order chi connectivity index (χ0) is 26.5. The summed E-state index contributed by atoms with van der Waals surface area (Å²) in [6, 6.07) is 20.0. The van der Waals surface area contributed by atoms with Crippen molar-refractivity contribution in [3.05, 3.63) is 113 Å². The van der Waals surface area contributed by atoms with Crippen LogP contribution in [0, 0.1) is 0 Å². The van der Waals surface area contributed by atoms with Crippen LogP contribution in [-0.4, -0.2) is 49.6 Å². The summed E-state index contributed by atoms with van der Waals surface area (Å²) in [5, 5.41) is 29.4. The number of carbonyl (C=O) groups is 1. The lowest BCUT2D eigenvalue weighted by Gasteiger charge is -2.16. The van der Waals surface area contributed by atoms with Crippen LogP contribution < -0.4 is 10.0 Å². The molecule has 0 aromatic heterocycles. The van der Waals surface area contributed by atoms with E-state index in [9.17, 15) is 15.0 Å². The molecule has 1 aliphatic carbocycles. The van der Waals surface area contributed by atoms with E-state index in [-0.39, 0.29) is 5.56 Å². The SMILES string of the molecule is CN(C)c1ccc(C(=C2C=CC(=[N+](C)C)C=C2)c2cccc(N=Nc3ccc([O-])c(C(=O)O)c3)c2)cc1. The average Bonchev–Trinajstić information content (AvgIpc) is 2.89. The molecule has 3 aromatic rings. The second kappa shape index (κ2) is 10.9. The summed E-state index contributed by atoms with van der Waals surface area (Å²) in [6.45, 7) is 0. The Morgan fingerprint density at radius 2 is 1.49 bits per heavy atom. The van der Waals surface area contributed by atoms with Crippen LogP contribution in [-0.2, 0) is 0 Å². The molecule has 0 spiro atoms. The third-order valence-electron chi connectivity index (χ3n) is 5.95. The predicted octanol–water partition coefficient (Wildman–Crippen LogP) is 5.58. The molecule has 0 amide bonds. The van der Waals surface area contributed by atoms with Gasteiger partial charge in [0.05, 0.1) is 16.9 Å². The van der Waals surface area contributed by atoms with E-state index in [0.29, 0.717) is 11.4 Å². The molecular formula is C30H28N4O3. The molecule has 0 aliphatic heterocycles. The third kappa shape index (κ3) is 5.90. The molecule has 1 aliphatic rings. The standard InChI is InChI=1S/C30H28N4O3/c1-33(2)25-13-8-20(9-14-25)29(21-10-15-26(16-11-21)34(3)4)22-6-5-7-23(18-22)31-32-24-12-17-28(35)27(19-24)30(36)37/h5-19H,1-4H3,(H-,31,35,36,37). The highest BCUT2D eigenvalue weighted by molar-refractivity contribution is 6.04.